The molecule has 4 nitrogen and oxygen atoms in total. The summed E-state index contributed by atoms with van der Waals surface area (Å²) in [5.41, 5.74) is 0. The molecule has 1 aliphatic carbocycles. The number of hydrogen-bond acceptors (Lipinski definition) is 3. The Kier molecular flexibility index (Phi) is 6.73. The topological polar surface area (TPSA) is 61.4 Å². The molecule has 0 aromatic carbocycles. The lowest BCUT2D eigenvalue weighted by Gasteiger charge is -2.14. The zero-order valence-electron chi connectivity index (χ0n) is 10.7. The minimum Gasteiger partial charge on any atom is -0.393 e. The fraction of sp³-hybridized carbons (Fsp3) is 0.917. The van der Waals surface area contributed by atoms with E-state index in [-0.39, 0.29) is 12.1 Å². The van der Waals surface area contributed by atoms with Crippen LogP contribution in [0.2, 0.25) is 0 Å². The summed E-state index contributed by atoms with van der Waals surface area (Å²) in [5, 5.41) is 15.5. The Bertz CT molecular complexity index is 237. The van der Waals surface area contributed by atoms with E-state index in [0.717, 1.165) is 18.6 Å². The van der Waals surface area contributed by atoms with Crippen LogP contribution in [0.3, 0.4) is 0 Å². The highest BCUT2D eigenvalue weighted by molar-refractivity contribution is 7.99. The van der Waals surface area contributed by atoms with Gasteiger partial charge in [-0.2, -0.15) is 11.8 Å². The fourth-order valence-corrected chi connectivity index (χ4v) is 3.23. The second-order valence-electron chi connectivity index (χ2n) is 4.63. The molecule has 0 bridgehead atoms. The fourth-order valence-electron chi connectivity index (χ4n) is 2.09. The molecule has 17 heavy (non-hydrogen) atoms. The normalized spacial score (nSPS) is 25.6. The Morgan fingerprint density at radius 3 is 2.94 bits per heavy atom. The molecule has 5 heteroatoms. The smallest absolute Gasteiger partial charge is 0.315 e. The van der Waals surface area contributed by atoms with Crippen LogP contribution in [0.4, 0.5) is 4.79 Å². The van der Waals surface area contributed by atoms with E-state index in [0.29, 0.717) is 24.3 Å². The highest BCUT2D eigenvalue weighted by atomic mass is 32.2. The van der Waals surface area contributed by atoms with E-state index in [2.05, 4.69) is 17.6 Å². The Hall–Kier alpha value is -0.420. The number of carbonyl (C=O) groups is 1. The maximum Gasteiger partial charge on any atom is 0.315 e. The molecule has 3 atom stereocenters. The van der Waals surface area contributed by atoms with Crippen LogP contribution < -0.4 is 10.6 Å². The van der Waals surface area contributed by atoms with Gasteiger partial charge in [-0.15, -0.1) is 0 Å². The van der Waals surface area contributed by atoms with E-state index in [1.165, 1.54) is 6.42 Å². The number of nitrogens with one attached hydrogen (secondary N) is 2. The maximum atomic E-state index is 11.5. The van der Waals surface area contributed by atoms with Crippen molar-refractivity contribution in [3.05, 3.63) is 0 Å². The summed E-state index contributed by atoms with van der Waals surface area (Å²) >= 11 is 1.99. The van der Waals surface area contributed by atoms with Gasteiger partial charge < -0.3 is 15.7 Å². The quantitative estimate of drug-likeness (QED) is 0.681. The Labute approximate surface area is 108 Å². The van der Waals surface area contributed by atoms with Gasteiger partial charge in [0.05, 0.1) is 6.10 Å². The third-order valence-corrected chi connectivity index (χ3v) is 4.20. The largest absolute Gasteiger partial charge is 0.393 e. The number of aliphatic hydroxyl groups excluding tert-OH is 1. The summed E-state index contributed by atoms with van der Waals surface area (Å²) in [6, 6.07) is 0.225. The second-order valence-corrected chi connectivity index (χ2v) is 6.20. The third kappa shape index (κ3) is 6.17. The van der Waals surface area contributed by atoms with Crippen molar-refractivity contribution in [2.75, 3.05) is 12.3 Å². The molecule has 1 rings (SSSR count). The van der Waals surface area contributed by atoms with E-state index < -0.39 is 0 Å². The molecule has 0 aliphatic heterocycles. The summed E-state index contributed by atoms with van der Waals surface area (Å²) in [4.78, 5) is 11.5. The average Bonchev–Trinajstić information content (AvgIpc) is 2.65. The number of hydrogen-bond donors (Lipinski definition) is 3. The van der Waals surface area contributed by atoms with Crippen molar-refractivity contribution >= 4 is 17.8 Å². The lowest BCUT2D eigenvalue weighted by molar-refractivity contribution is 0.183. The molecule has 1 saturated carbocycles. The van der Waals surface area contributed by atoms with Crippen LogP contribution >= 0.6 is 11.8 Å². The second kappa shape index (κ2) is 7.82. The predicted octanol–water partition coefficient (Wildman–Crippen LogP) is 1.73. The molecule has 0 aromatic heterocycles. The van der Waals surface area contributed by atoms with Crippen LogP contribution in [0.1, 0.15) is 39.5 Å². The van der Waals surface area contributed by atoms with Crippen molar-refractivity contribution < 1.29 is 9.90 Å². The number of thioether (sulfide) groups is 1. The molecule has 0 heterocycles. The van der Waals surface area contributed by atoms with Crippen molar-refractivity contribution in [2.45, 2.75) is 56.9 Å². The first-order chi connectivity index (χ1) is 8.11. The average molecular weight is 260 g/mol. The molecule has 3 N–H and O–H groups in total. The lowest BCUT2D eigenvalue weighted by Crippen LogP contribution is -2.41. The van der Waals surface area contributed by atoms with E-state index in [4.69, 9.17) is 5.11 Å². The Morgan fingerprint density at radius 2 is 2.29 bits per heavy atom. The van der Waals surface area contributed by atoms with Crippen LogP contribution in [0.25, 0.3) is 0 Å². The van der Waals surface area contributed by atoms with Gasteiger partial charge in [-0.05, 0) is 38.4 Å². The molecule has 0 radical (unpaired) electrons. The SMILES string of the molecule is CCSC1CCC(NC(=O)NCCC(C)O)C1. The van der Waals surface area contributed by atoms with Crippen molar-refractivity contribution in [1.29, 1.82) is 0 Å². The van der Waals surface area contributed by atoms with Gasteiger partial charge in [0.2, 0.25) is 0 Å². The highest BCUT2D eigenvalue weighted by Gasteiger charge is 2.25. The first kappa shape index (κ1) is 14.6. The first-order valence-electron chi connectivity index (χ1n) is 6.45. The molecule has 100 valence electrons. The molecule has 3 unspecified atom stereocenters. The van der Waals surface area contributed by atoms with Crippen LogP contribution in [-0.2, 0) is 0 Å². The summed E-state index contributed by atoms with van der Waals surface area (Å²) < 4.78 is 0. The van der Waals surface area contributed by atoms with Crippen LogP contribution in [0.15, 0.2) is 0 Å². The van der Waals surface area contributed by atoms with Gasteiger partial charge in [0.15, 0.2) is 0 Å². The molecule has 0 aromatic rings. The molecular weight excluding hydrogens is 236 g/mol. The molecule has 0 saturated heterocycles. The molecule has 0 spiro atoms. The van der Waals surface area contributed by atoms with Crippen molar-refractivity contribution in [3.8, 4) is 0 Å². The van der Waals surface area contributed by atoms with E-state index in [9.17, 15) is 4.79 Å². The van der Waals surface area contributed by atoms with Crippen LogP contribution in [-0.4, -0.2) is 40.8 Å². The summed E-state index contributed by atoms with van der Waals surface area (Å²) in [6.07, 6.45) is 3.62. The predicted molar refractivity (Wildman–Crippen MR) is 72.4 cm³/mol. The van der Waals surface area contributed by atoms with Gasteiger partial charge in [0.1, 0.15) is 0 Å². The zero-order chi connectivity index (χ0) is 12.7. The number of urea groups is 1. The van der Waals surface area contributed by atoms with E-state index in [1.807, 2.05) is 11.8 Å². The van der Waals surface area contributed by atoms with E-state index >= 15 is 0 Å². The summed E-state index contributed by atoms with van der Waals surface area (Å²) in [5.74, 6) is 1.15. The zero-order valence-corrected chi connectivity index (χ0v) is 11.6. The monoisotopic (exact) mass is 260 g/mol. The molecule has 1 fully saturated rings. The molecular formula is C12H24N2O2S. The minimum absolute atomic E-state index is 0.0993. The molecule has 2 amide bonds. The van der Waals surface area contributed by atoms with Crippen molar-refractivity contribution in [1.82, 2.24) is 10.6 Å². The summed E-state index contributed by atoms with van der Waals surface area (Å²) in [6.45, 7) is 4.43. The van der Waals surface area contributed by atoms with Crippen LogP contribution in [0.5, 0.6) is 0 Å². The number of amides is 2. The minimum atomic E-state index is -0.355. The van der Waals surface area contributed by atoms with Gasteiger partial charge in [0.25, 0.3) is 0 Å². The van der Waals surface area contributed by atoms with Crippen LogP contribution in [0, 0.1) is 0 Å². The standard InChI is InChI=1S/C12H24N2O2S/c1-3-17-11-5-4-10(8-11)14-12(16)13-7-6-9(2)15/h9-11,15H,3-8H2,1-2H3,(H2,13,14,16). The van der Waals surface area contributed by atoms with E-state index in [1.54, 1.807) is 6.92 Å². The van der Waals surface area contributed by atoms with Gasteiger partial charge >= 0.3 is 6.03 Å². The maximum absolute atomic E-state index is 11.5. The third-order valence-electron chi connectivity index (χ3n) is 2.97. The Morgan fingerprint density at radius 1 is 1.53 bits per heavy atom. The van der Waals surface area contributed by atoms with Gasteiger partial charge in [-0.3, -0.25) is 0 Å². The Balaban J connectivity index is 2.11. The van der Waals surface area contributed by atoms with Gasteiger partial charge in [-0.1, -0.05) is 6.92 Å². The van der Waals surface area contributed by atoms with Crippen molar-refractivity contribution in [3.63, 3.8) is 0 Å². The summed E-state index contributed by atoms with van der Waals surface area (Å²) in [7, 11) is 0. The number of aliphatic hydroxyl groups is 1. The first-order valence-corrected chi connectivity index (χ1v) is 7.50. The molecule has 1 aliphatic rings. The van der Waals surface area contributed by atoms with Gasteiger partial charge in [-0.25, -0.2) is 4.79 Å². The number of carbonyl (C=O) groups excluding carboxylic acids is 1. The highest BCUT2D eigenvalue weighted by Crippen LogP contribution is 2.29. The van der Waals surface area contributed by atoms with Crippen molar-refractivity contribution in [2.24, 2.45) is 0 Å². The van der Waals surface area contributed by atoms with Gasteiger partial charge in [0, 0.05) is 17.8 Å². The lowest BCUT2D eigenvalue weighted by atomic mass is 10.2. The number of rotatable bonds is 6.